The summed E-state index contributed by atoms with van der Waals surface area (Å²) in [6.07, 6.45) is 0.428. The lowest BCUT2D eigenvalue weighted by molar-refractivity contribution is -0.118. The molecule has 0 aliphatic heterocycles. The number of phenols is 1. The summed E-state index contributed by atoms with van der Waals surface area (Å²) >= 11 is 0. The molecule has 0 saturated carbocycles. The van der Waals surface area contributed by atoms with Crippen LogP contribution in [0.25, 0.3) is 0 Å². The van der Waals surface area contributed by atoms with Gasteiger partial charge in [0.15, 0.2) is 0 Å². The second-order valence-electron chi connectivity index (χ2n) is 6.23. The standard InChI is InChI=1S/C19H23BO5/c1-13-5-3-7-15(19(13)22)11-16(20(23)24)12-17(21)9-14-6-4-8-18(10-14)25-2/h3-8,10,16,22-24H,9,11-12H2,1-2H3. The van der Waals surface area contributed by atoms with E-state index in [-0.39, 0.29) is 30.8 Å². The lowest BCUT2D eigenvalue weighted by atomic mass is 9.66. The topological polar surface area (TPSA) is 87.0 Å². The number of Topliss-reactive ketones (excluding diaryl/α,β-unsaturated/α-hetero) is 1. The Bertz CT molecular complexity index is 730. The van der Waals surface area contributed by atoms with Gasteiger partial charge in [0.1, 0.15) is 17.3 Å². The molecule has 1 unspecified atom stereocenters. The number of para-hydroxylation sites is 1. The van der Waals surface area contributed by atoms with Gasteiger partial charge in [-0.2, -0.15) is 0 Å². The van der Waals surface area contributed by atoms with Gasteiger partial charge in [0.25, 0.3) is 0 Å². The van der Waals surface area contributed by atoms with Crippen LogP contribution in [0.2, 0.25) is 5.82 Å². The average Bonchev–Trinajstić information content (AvgIpc) is 2.58. The van der Waals surface area contributed by atoms with Gasteiger partial charge in [-0.15, -0.1) is 0 Å². The number of aryl methyl sites for hydroxylation is 1. The van der Waals surface area contributed by atoms with Gasteiger partial charge in [-0.1, -0.05) is 30.3 Å². The molecule has 2 rings (SSSR count). The van der Waals surface area contributed by atoms with Gasteiger partial charge in [0.05, 0.1) is 7.11 Å². The number of hydrogen-bond donors (Lipinski definition) is 3. The number of methoxy groups -OCH3 is 1. The van der Waals surface area contributed by atoms with Crippen molar-refractivity contribution in [2.24, 2.45) is 0 Å². The molecule has 1 atom stereocenters. The summed E-state index contributed by atoms with van der Waals surface area (Å²) in [7, 11) is -0.0675. The summed E-state index contributed by atoms with van der Waals surface area (Å²) in [5, 5.41) is 29.4. The van der Waals surface area contributed by atoms with Crippen LogP contribution in [0.15, 0.2) is 42.5 Å². The van der Waals surface area contributed by atoms with Gasteiger partial charge in [-0.05, 0) is 42.2 Å². The highest BCUT2D eigenvalue weighted by Gasteiger charge is 2.27. The Balaban J connectivity index is 2.05. The average molecular weight is 342 g/mol. The molecular formula is C19H23BO5. The maximum Gasteiger partial charge on any atom is 0.455 e. The molecule has 0 aliphatic rings. The fraction of sp³-hybridized carbons (Fsp3) is 0.316. The zero-order valence-electron chi connectivity index (χ0n) is 14.5. The molecule has 0 heterocycles. The number of carbonyl (C=O) groups excluding carboxylic acids is 1. The highest BCUT2D eigenvalue weighted by molar-refractivity contribution is 6.43. The molecule has 0 saturated heterocycles. The smallest absolute Gasteiger partial charge is 0.455 e. The lowest BCUT2D eigenvalue weighted by Gasteiger charge is -2.17. The molecule has 0 bridgehead atoms. The van der Waals surface area contributed by atoms with E-state index in [1.807, 2.05) is 12.1 Å². The number of hydrogen-bond acceptors (Lipinski definition) is 5. The van der Waals surface area contributed by atoms with Gasteiger partial charge < -0.3 is 19.9 Å². The van der Waals surface area contributed by atoms with Crippen LogP contribution in [0.5, 0.6) is 11.5 Å². The Morgan fingerprint density at radius 1 is 1.20 bits per heavy atom. The second kappa shape index (κ2) is 8.69. The Morgan fingerprint density at radius 3 is 2.60 bits per heavy atom. The molecule has 0 aromatic heterocycles. The minimum Gasteiger partial charge on any atom is -0.507 e. The van der Waals surface area contributed by atoms with Crippen molar-refractivity contribution in [3.63, 3.8) is 0 Å². The molecule has 2 aromatic rings. The fourth-order valence-electron chi connectivity index (χ4n) is 2.82. The van der Waals surface area contributed by atoms with Crippen LogP contribution in [0.3, 0.4) is 0 Å². The van der Waals surface area contributed by atoms with Gasteiger partial charge in [0, 0.05) is 18.7 Å². The van der Waals surface area contributed by atoms with Crippen LogP contribution in [-0.2, 0) is 17.6 Å². The third-order valence-corrected chi connectivity index (χ3v) is 4.25. The molecule has 25 heavy (non-hydrogen) atoms. The first-order chi connectivity index (χ1) is 11.9. The molecule has 0 aliphatic carbocycles. The molecular weight excluding hydrogens is 319 g/mol. The van der Waals surface area contributed by atoms with E-state index in [0.717, 1.165) is 5.56 Å². The van der Waals surface area contributed by atoms with Crippen molar-refractivity contribution >= 4 is 12.9 Å². The second-order valence-corrected chi connectivity index (χ2v) is 6.23. The first-order valence-corrected chi connectivity index (χ1v) is 8.19. The largest absolute Gasteiger partial charge is 0.507 e. The minimum absolute atomic E-state index is 0.0161. The summed E-state index contributed by atoms with van der Waals surface area (Å²) in [4.78, 5) is 12.3. The Labute approximate surface area is 148 Å². The quantitative estimate of drug-likeness (QED) is 0.641. The predicted molar refractivity (Wildman–Crippen MR) is 96.8 cm³/mol. The van der Waals surface area contributed by atoms with Crippen molar-refractivity contribution in [2.45, 2.75) is 32.0 Å². The number of ketones is 1. The first kappa shape index (κ1) is 19.0. The molecule has 2 aromatic carbocycles. The summed E-state index contributed by atoms with van der Waals surface area (Å²) in [6.45, 7) is 1.77. The zero-order chi connectivity index (χ0) is 18.4. The summed E-state index contributed by atoms with van der Waals surface area (Å²) in [5.41, 5.74) is 2.13. The highest BCUT2D eigenvalue weighted by atomic mass is 16.5. The summed E-state index contributed by atoms with van der Waals surface area (Å²) < 4.78 is 5.14. The Morgan fingerprint density at radius 2 is 1.92 bits per heavy atom. The third-order valence-electron chi connectivity index (χ3n) is 4.25. The summed E-state index contributed by atoms with van der Waals surface area (Å²) in [6, 6.07) is 12.5. The van der Waals surface area contributed by atoms with Crippen molar-refractivity contribution in [3.05, 3.63) is 59.2 Å². The number of benzene rings is 2. The molecule has 6 heteroatoms. The van der Waals surface area contributed by atoms with Crippen LogP contribution >= 0.6 is 0 Å². The van der Waals surface area contributed by atoms with E-state index in [2.05, 4.69) is 0 Å². The minimum atomic E-state index is -1.63. The van der Waals surface area contributed by atoms with Crippen molar-refractivity contribution in [1.82, 2.24) is 0 Å². The van der Waals surface area contributed by atoms with Crippen LogP contribution < -0.4 is 4.74 Å². The molecule has 5 nitrogen and oxygen atoms in total. The normalized spacial score (nSPS) is 11.8. The number of rotatable bonds is 8. The SMILES string of the molecule is COc1cccc(CC(=O)CC(Cc2cccc(C)c2O)B(O)O)c1. The van der Waals surface area contributed by atoms with Gasteiger partial charge in [0.2, 0.25) is 0 Å². The number of ether oxygens (including phenoxy) is 1. The van der Waals surface area contributed by atoms with Crippen LogP contribution in [-0.4, -0.2) is 35.2 Å². The van der Waals surface area contributed by atoms with Gasteiger partial charge in [-0.3, -0.25) is 4.79 Å². The molecule has 0 amide bonds. The highest BCUT2D eigenvalue weighted by Crippen LogP contribution is 2.28. The molecule has 132 valence electrons. The van der Waals surface area contributed by atoms with Gasteiger partial charge in [-0.25, -0.2) is 0 Å². The van der Waals surface area contributed by atoms with E-state index in [1.165, 1.54) is 0 Å². The molecule has 0 radical (unpaired) electrons. The van der Waals surface area contributed by atoms with E-state index in [0.29, 0.717) is 16.9 Å². The van der Waals surface area contributed by atoms with Crippen molar-refractivity contribution in [1.29, 1.82) is 0 Å². The van der Waals surface area contributed by atoms with Gasteiger partial charge >= 0.3 is 7.12 Å². The molecule has 3 N–H and O–H groups in total. The molecule has 0 spiro atoms. The van der Waals surface area contributed by atoms with Crippen LogP contribution in [0, 0.1) is 6.92 Å². The predicted octanol–water partition coefficient (Wildman–Crippen LogP) is 2.30. The maximum atomic E-state index is 12.3. The van der Waals surface area contributed by atoms with E-state index >= 15 is 0 Å². The van der Waals surface area contributed by atoms with Crippen LogP contribution in [0.4, 0.5) is 0 Å². The van der Waals surface area contributed by atoms with Crippen molar-refractivity contribution < 1.29 is 24.7 Å². The third kappa shape index (κ3) is 5.34. The fourth-order valence-corrected chi connectivity index (χ4v) is 2.82. The first-order valence-electron chi connectivity index (χ1n) is 8.19. The number of phenolic OH excluding ortho intramolecular Hbond substituents is 1. The maximum absolute atomic E-state index is 12.3. The Hall–Kier alpha value is -2.31. The lowest BCUT2D eigenvalue weighted by Crippen LogP contribution is -2.25. The monoisotopic (exact) mass is 342 g/mol. The summed E-state index contributed by atoms with van der Waals surface area (Å²) in [5.74, 6) is 0.0337. The van der Waals surface area contributed by atoms with Crippen LogP contribution in [0.1, 0.15) is 23.1 Å². The van der Waals surface area contributed by atoms with Crippen molar-refractivity contribution in [3.8, 4) is 11.5 Å². The Kier molecular flexibility index (Phi) is 6.61. The van der Waals surface area contributed by atoms with E-state index in [4.69, 9.17) is 4.74 Å². The number of carbonyl (C=O) groups is 1. The van der Waals surface area contributed by atoms with E-state index in [9.17, 15) is 19.9 Å². The van der Waals surface area contributed by atoms with E-state index < -0.39 is 12.9 Å². The van der Waals surface area contributed by atoms with E-state index in [1.54, 1.807) is 44.4 Å². The van der Waals surface area contributed by atoms with Crippen molar-refractivity contribution in [2.75, 3.05) is 7.11 Å². The molecule has 0 fully saturated rings. The zero-order valence-corrected chi connectivity index (χ0v) is 14.5. The number of aromatic hydroxyl groups is 1.